The summed E-state index contributed by atoms with van der Waals surface area (Å²) < 4.78 is 0. The molecule has 0 bridgehead atoms. The van der Waals surface area contributed by atoms with Gasteiger partial charge in [-0.25, -0.2) is 0 Å². The third-order valence-electron chi connectivity index (χ3n) is 15.5. The fourth-order valence-electron chi connectivity index (χ4n) is 9.51. The number of hydrogen-bond donors (Lipinski definition) is 15. The summed E-state index contributed by atoms with van der Waals surface area (Å²) in [5.74, 6) is -5.82. The Morgan fingerprint density at radius 2 is 0.698 bits per heavy atom. The fourth-order valence-corrected chi connectivity index (χ4v) is 9.51. The van der Waals surface area contributed by atoms with Crippen LogP contribution in [0, 0.1) is 17.8 Å². The van der Waals surface area contributed by atoms with Crippen molar-refractivity contribution in [2.75, 3.05) is 39.3 Å². The predicted octanol–water partition coefficient (Wildman–Crippen LogP) is 2.54. The standard InChI is InChI=1S/C62H122N14O10/c1-14-16-17-18-19-28-37-67-60(8,9)57(84)72-46(31-22-26-35-65)53(80)70-49(39-42(5)6)56(83)76-61(10,11)58(85)73-45(30-21-25-34-64)52(79)68-44(29-20-24-33-63)51(78)69-48(38-41(3)4)55(82)75-62(12,13)59(86)74-47(32-23-27-36-66)54(81)71-50(40-77)43(7)15-2/h41-50,67,77H,14-40,63-66H2,1-13H3,(H,68,79)(H,69,78)(H,70,80)(H,71,81)(H,72,84)(H,73,85)(H,74,86)(H,75,82)(H,76,83)/t43?,44-,45-,46-,47-,48-,49-,50+/m0/s1. The van der Waals surface area contributed by atoms with Gasteiger partial charge >= 0.3 is 0 Å². The van der Waals surface area contributed by atoms with Gasteiger partial charge in [-0.05, 0) is 188 Å². The molecule has 0 saturated heterocycles. The van der Waals surface area contributed by atoms with Gasteiger partial charge in [0.15, 0.2) is 0 Å². The first-order valence-electron chi connectivity index (χ1n) is 32.4. The minimum atomic E-state index is -1.65. The number of aliphatic hydroxyl groups excluding tert-OH is 1. The highest BCUT2D eigenvalue weighted by atomic mass is 16.3. The largest absolute Gasteiger partial charge is 0.394 e. The zero-order chi connectivity index (χ0) is 65.6. The summed E-state index contributed by atoms with van der Waals surface area (Å²) in [7, 11) is 0. The molecule has 0 aromatic carbocycles. The van der Waals surface area contributed by atoms with Gasteiger partial charge in [0, 0.05) is 0 Å². The Balaban J connectivity index is 6.63. The molecule has 0 spiro atoms. The third-order valence-corrected chi connectivity index (χ3v) is 15.5. The van der Waals surface area contributed by atoms with Crippen LogP contribution in [0.4, 0.5) is 0 Å². The van der Waals surface area contributed by atoms with E-state index in [9.17, 15) is 48.3 Å². The van der Waals surface area contributed by atoms with E-state index in [1.807, 2.05) is 41.5 Å². The summed E-state index contributed by atoms with van der Waals surface area (Å²) in [5, 5.41) is 38.7. The Hall–Kier alpha value is -5.01. The van der Waals surface area contributed by atoms with E-state index < -0.39 is 106 Å². The molecule has 24 heteroatoms. The van der Waals surface area contributed by atoms with Crippen LogP contribution in [0.5, 0.6) is 0 Å². The summed E-state index contributed by atoms with van der Waals surface area (Å²) in [4.78, 5) is 127. The van der Waals surface area contributed by atoms with Crippen LogP contribution in [0.3, 0.4) is 0 Å². The van der Waals surface area contributed by atoms with Crippen molar-refractivity contribution in [1.82, 2.24) is 53.2 Å². The van der Waals surface area contributed by atoms with E-state index in [0.29, 0.717) is 90.5 Å². The molecule has 0 heterocycles. The second kappa shape index (κ2) is 43.6. The van der Waals surface area contributed by atoms with E-state index in [2.05, 4.69) is 60.1 Å². The number of amides is 9. The van der Waals surface area contributed by atoms with E-state index in [1.54, 1.807) is 13.8 Å². The van der Waals surface area contributed by atoms with Crippen LogP contribution in [0.1, 0.15) is 225 Å². The quantitative estimate of drug-likeness (QED) is 0.0389. The van der Waals surface area contributed by atoms with Gasteiger partial charge in [0.2, 0.25) is 53.2 Å². The molecule has 24 nitrogen and oxygen atoms in total. The number of nitrogens with one attached hydrogen (secondary N) is 10. The normalized spacial score (nSPS) is 14.8. The Morgan fingerprint density at radius 1 is 0.384 bits per heavy atom. The number of rotatable bonds is 49. The molecule has 500 valence electrons. The van der Waals surface area contributed by atoms with Gasteiger partial charge in [0.1, 0.15) is 47.3 Å². The fraction of sp³-hybridized carbons (Fsp3) is 0.855. The van der Waals surface area contributed by atoms with Crippen molar-refractivity contribution in [3.8, 4) is 0 Å². The van der Waals surface area contributed by atoms with Crippen molar-refractivity contribution in [2.24, 2.45) is 40.7 Å². The maximum absolute atomic E-state index is 14.4. The number of carbonyl (C=O) groups is 9. The molecule has 0 aromatic heterocycles. The summed E-state index contributed by atoms with van der Waals surface area (Å²) in [5.41, 5.74) is 19.0. The van der Waals surface area contributed by atoms with Gasteiger partial charge in [0.25, 0.3) is 0 Å². The molecule has 9 amide bonds. The predicted molar refractivity (Wildman–Crippen MR) is 340 cm³/mol. The van der Waals surface area contributed by atoms with Crippen molar-refractivity contribution >= 4 is 53.2 Å². The number of nitrogens with two attached hydrogens (primary N) is 4. The summed E-state index contributed by atoms with van der Waals surface area (Å²) in [6.07, 6.45) is 12.5. The highest BCUT2D eigenvalue weighted by Crippen LogP contribution is 2.17. The Bertz CT molecular complexity index is 2020. The van der Waals surface area contributed by atoms with Gasteiger partial charge in [-0.1, -0.05) is 87.0 Å². The highest BCUT2D eigenvalue weighted by molar-refractivity contribution is 5.99. The van der Waals surface area contributed by atoms with Crippen LogP contribution in [-0.2, 0) is 43.2 Å². The zero-order valence-corrected chi connectivity index (χ0v) is 55.3. The maximum atomic E-state index is 14.4. The van der Waals surface area contributed by atoms with Crippen LogP contribution < -0.4 is 76.1 Å². The van der Waals surface area contributed by atoms with Gasteiger partial charge in [-0.15, -0.1) is 0 Å². The van der Waals surface area contributed by atoms with E-state index >= 15 is 0 Å². The second-order valence-electron chi connectivity index (χ2n) is 25.9. The second-order valence-corrected chi connectivity index (χ2v) is 25.9. The van der Waals surface area contributed by atoms with Gasteiger partial charge < -0.3 is 81.2 Å². The molecule has 0 radical (unpaired) electrons. The van der Waals surface area contributed by atoms with Gasteiger partial charge in [-0.2, -0.15) is 0 Å². The number of aliphatic hydroxyl groups is 1. The van der Waals surface area contributed by atoms with Crippen LogP contribution in [0.2, 0.25) is 0 Å². The average Bonchev–Trinajstić information content (AvgIpc) is 3.57. The molecule has 19 N–H and O–H groups in total. The number of hydrogen-bond acceptors (Lipinski definition) is 15. The number of carbonyl (C=O) groups excluding carboxylic acids is 9. The molecular formula is C62H122N14O10. The molecule has 1 unspecified atom stereocenters. The van der Waals surface area contributed by atoms with Crippen molar-refractivity contribution in [3.63, 3.8) is 0 Å². The SMILES string of the molecule is CCCCCCCCNC(C)(C)C(=O)N[C@@H](CCCCN)C(=O)N[C@@H](CC(C)C)C(=O)NC(C)(C)C(=O)N[C@@H](CCCCN)C(=O)N[C@@H](CCCCN)C(=O)N[C@@H](CC(C)C)C(=O)NC(C)(C)C(=O)N[C@@H](CCCCN)C(=O)N[C@H](CO)C(C)CC. The molecule has 86 heavy (non-hydrogen) atoms. The van der Waals surface area contributed by atoms with Crippen molar-refractivity contribution in [2.45, 2.75) is 284 Å². The molecule has 0 aliphatic carbocycles. The third kappa shape index (κ3) is 32.8. The highest BCUT2D eigenvalue weighted by Gasteiger charge is 2.40. The minimum absolute atomic E-state index is 0.0387. The van der Waals surface area contributed by atoms with Gasteiger partial charge in [-0.3, -0.25) is 43.2 Å². The molecule has 0 aromatic rings. The molecule has 0 saturated carbocycles. The minimum Gasteiger partial charge on any atom is -0.394 e. The average molecular weight is 1220 g/mol. The lowest BCUT2D eigenvalue weighted by Crippen LogP contribution is -2.64. The van der Waals surface area contributed by atoms with Crippen LogP contribution >= 0.6 is 0 Å². The van der Waals surface area contributed by atoms with Crippen molar-refractivity contribution in [3.05, 3.63) is 0 Å². The maximum Gasteiger partial charge on any atom is 0.245 e. The zero-order valence-electron chi connectivity index (χ0n) is 55.3. The Labute approximate surface area is 516 Å². The summed E-state index contributed by atoms with van der Waals surface area (Å²) in [6.45, 7) is 24.6. The summed E-state index contributed by atoms with van der Waals surface area (Å²) >= 11 is 0. The lowest BCUT2D eigenvalue weighted by Gasteiger charge is -2.32. The first-order chi connectivity index (χ1) is 40.4. The molecule has 0 fully saturated rings. The molecule has 0 aliphatic rings. The van der Waals surface area contributed by atoms with Crippen molar-refractivity contribution in [1.29, 1.82) is 0 Å². The van der Waals surface area contributed by atoms with Crippen molar-refractivity contribution < 1.29 is 48.3 Å². The molecule has 8 atom stereocenters. The van der Waals surface area contributed by atoms with E-state index in [1.165, 1.54) is 40.5 Å². The molecule has 0 rings (SSSR count). The topological polar surface area (TPSA) is 398 Å². The Kier molecular flexibility index (Phi) is 41.1. The van der Waals surface area contributed by atoms with Crippen LogP contribution in [-0.4, -0.2) is 157 Å². The smallest absolute Gasteiger partial charge is 0.245 e. The molecular weight excluding hydrogens is 1100 g/mol. The lowest BCUT2D eigenvalue weighted by molar-refractivity contribution is -0.138. The van der Waals surface area contributed by atoms with E-state index in [-0.39, 0.29) is 68.8 Å². The van der Waals surface area contributed by atoms with E-state index in [4.69, 9.17) is 22.9 Å². The lowest BCUT2D eigenvalue weighted by atomic mass is 9.97. The first-order valence-corrected chi connectivity index (χ1v) is 32.4. The van der Waals surface area contributed by atoms with Gasteiger partial charge in [0.05, 0.1) is 18.2 Å². The first kappa shape index (κ1) is 81.0. The van der Waals surface area contributed by atoms with Crippen LogP contribution in [0.15, 0.2) is 0 Å². The van der Waals surface area contributed by atoms with Crippen LogP contribution in [0.25, 0.3) is 0 Å². The van der Waals surface area contributed by atoms with E-state index in [0.717, 1.165) is 25.7 Å². The Morgan fingerprint density at radius 3 is 1.02 bits per heavy atom. The molecule has 0 aliphatic heterocycles. The number of unbranched alkanes of at least 4 members (excludes halogenated alkanes) is 9. The summed E-state index contributed by atoms with van der Waals surface area (Å²) in [6, 6.07) is -7.26. The monoisotopic (exact) mass is 1220 g/mol.